The lowest BCUT2D eigenvalue weighted by molar-refractivity contribution is -0.139. The van der Waals surface area contributed by atoms with Crippen LogP contribution in [-0.4, -0.2) is 54.9 Å². The van der Waals surface area contributed by atoms with Crippen LogP contribution < -0.4 is 4.74 Å². The molecular formula is C22H30N2O3. The Labute approximate surface area is 161 Å². The number of ether oxygens (including phenoxy) is 1. The van der Waals surface area contributed by atoms with Crippen molar-refractivity contribution in [3.63, 3.8) is 0 Å². The van der Waals surface area contributed by atoms with Crippen molar-refractivity contribution in [2.24, 2.45) is 11.3 Å². The molecule has 1 aromatic carbocycles. The second-order valence-corrected chi connectivity index (χ2v) is 8.66. The van der Waals surface area contributed by atoms with Gasteiger partial charge in [0.25, 0.3) is 5.91 Å². The molecule has 146 valence electrons. The summed E-state index contributed by atoms with van der Waals surface area (Å²) >= 11 is 0. The van der Waals surface area contributed by atoms with Gasteiger partial charge in [0.05, 0.1) is 12.7 Å². The van der Waals surface area contributed by atoms with Crippen molar-refractivity contribution < 1.29 is 14.3 Å². The number of hydrogen-bond acceptors (Lipinski definition) is 3. The van der Waals surface area contributed by atoms with Crippen molar-refractivity contribution in [2.45, 2.75) is 45.4 Å². The van der Waals surface area contributed by atoms with E-state index < -0.39 is 0 Å². The van der Waals surface area contributed by atoms with Gasteiger partial charge in [0.2, 0.25) is 5.91 Å². The van der Waals surface area contributed by atoms with Gasteiger partial charge >= 0.3 is 0 Å². The van der Waals surface area contributed by atoms with E-state index in [2.05, 4.69) is 4.90 Å². The molecule has 0 radical (unpaired) electrons. The summed E-state index contributed by atoms with van der Waals surface area (Å²) in [5.41, 5.74) is 1.85. The van der Waals surface area contributed by atoms with Gasteiger partial charge in [0.15, 0.2) is 0 Å². The lowest BCUT2D eigenvalue weighted by atomic mass is 9.72. The van der Waals surface area contributed by atoms with E-state index in [4.69, 9.17) is 4.74 Å². The van der Waals surface area contributed by atoms with Gasteiger partial charge in [-0.05, 0) is 62.0 Å². The number of piperidine rings is 2. The monoisotopic (exact) mass is 370 g/mol. The molecular weight excluding hydrogens is 340 g/mol. The molecule has 0 unspecified atom stereocenters. The predicted molar refractivity (Wildman–Crippen MR) is 104 cm³/mol. The minimum atomic E-state index is 0.0709. The average molecular weight is 370 g/mol. The standard InChI is InChI=1S/C22H30N2O3/c1-16-4-3-5-18(27-2)20(16)21(26)23-12-10-22(11-13-23)9-8-19(25)24(15-22)14-17-6-7-17/h3-5,17H,6-15H2,1-2H3. The van der Waals surface area contributed by atoms with E-state index in [1.165, 1.54) is 12.8 Å². The van der Waals surface area contributed by atoms with Crippen LogP contribution in [0, 0.1) is 18.3 Å². The van der Waals surface area contributed by atoms with Gasteiger partial charge in [-0.1, -0.05) is 12.1 Å². The van der Waals surface area contributed by atoms with Crippen LogP contribution >= 0.6 is 0 Å². The first-order valence-electron chi connectivity index (χ1n) is 10.2. The highest BCUT2D eigenvalue weighted by Gasteiger charge is 2.43. The van der Waals surface area contributed by atoms with Crippen molar-refractivity contribution in [3.8, 4) is 5.75 Å². The van der Waals surface area contributed by atoms with Crippen LogP contribution in [0.1, 0.15) is 54.4 Å². The summed E-state index contributed by atoms with van der Waals surface area (Å²) < 4.78 is 5.42. The Morgan fingerprint density at radius 1 is 1.22 bits per heavy atom. The Morgan fingerprint density at radius 2 is 1.96 bits per heavy atom. The molecule has 3 fully saturated rings. The van der Waals surface area contributed by atoms with Crippen molar-refractivity contribution in [1.82, 2.24) is 9.80 Å². The molecule has 2 heterocycles. The molecule has 0 aromatic heterocycles. The molecule has 2 saturated heterocycles. The van der Waals surface area contributed by atoms with Crippen LogP contribution in [0.4, 0.5) is 0 Å². The third-order valence-electron chi connectivity index (χ3n) is 6.70. The molecule has 1 saturated carbocycles. The molecule has 2 amide bonds. The number of benzene rings is 1. The van der Waals surface area contributed by atoms with Crippen molar-refractivity contribution in [2.75, 3.05) is 33.3 Å². The zero-order chi connectivity index (χ0) is 19.0. The molecule has 2 aliphatic heterocycles. The first-order chi connectivity index (χ1) is 13.0. The van der Waals surface area contributed by atoms with Crippen LogP contribution in [0.5, 0.6) is 5.75 Å². The highest BCUT2D eigenvalue weighted by Crippen LogP contribution is 2.42. The number of nitrogens with zero attached hydrogens (tertiary/aromatic N) is 2. The Kier molecular flexibility index (Phi) is 4.87. The maximum absolute atomic E-state index is 13.1. The van der Waals surface area contributed by atoms with E-state index in [-0.39, 0.29) is 11.3 Å². The number of aryl methyl sites for hydroxylation is 1. The van der Waals surface area contributed by atoms with Crippen LogP contribution in [0.2, 0.25) is 0 Å². The molecule has 5 nitrogen and oxygen atoms in total. The van der Waals surface area contributed by atoms with Gasteiger partial charge in [-0.15, -0.1) is 0 Å². The molecule has 0 N–H and O–H groups in total. The van der Waals surface area contributed by atoms with E-state index in [1.807, 2.05) is 30.0 Å². The zero-order valence-corrected chi connectivity index (χ0v) is 16.5. The zero-order valence-electron chi connectivity index (χ0n) is 16.5. The fraction of sp³-hybridized carbons (Fsp3) is 0.636. The number of amides is 2. The van der Waals surface area contributed by atoms with E-state index in [0.29, 0.717) is 23.6 Å². The molecule has 4 rings (SSSR count). The Hall–Kier alpha value is -2.04. The van der Waals surface area contributed by atoms with Gasteiger partial charge in [-0.3, -0.25) is 9.59 Å². The smallest absolute Gasteiger partial charge is 0.257 e. The van der Waals surface area contributed by atoms with Crippen LogP contribution in [0.25, 0.3) is 0 Å². The summed E-state index contributed by atoms with van der Waals surface area (Å²) in [6, 6.07) is 5.74. The van der Waals surface area contributed by atoms with E-state index in [1.54, 1.807) is 7.11 Å². The van der Waals surface area contributed by atoms with E-state index >= 15 is 0 Å². The van der Waals surface area contributed by atoms with Gasteiger partial charge in [0.1, 0.15) is 5.75 Å². The van der Waals surface area contributed by atoms with Crippen molar-refractivity contribution >= 4 is 11.8 Å². The topological polar surface area (TPSA) is 49.9 Å². The third kappa shape index (κ3) is 3.69. The number of carbonyl (C=O) groups is 2. The fourth-order valence-corrected chi connectivity index (χ4v) is 4.72. The van der Waals surface area contributed by atoms with Gasteiger partial charge in [0, 0.05) is 32.6 Å². The second-order valence-electron chi connectivity index (χ2n) is 8.66. The minimum Gasteiger partial charge on any atom is -0.496 e. The second kappa shape index (κ2) is 7.17. The van der Waals surface area contributed by atoms with E-state index in [0.717, 1.165) is 56.9 Å². The summed E-state index contributed by atoms with van der Waals surface area (Å²) in [4.78, 5) is 29.5. The summed E-state index contributed by atoms with van der Waals surface area (Å²) in [5.74, 6) is 1.79. The maximum atomic E-state index is 13.1. The molecule has 1 aliphatic carbocycles. The highest BCUT2D eigenvalue weighted by molar-refractivity contribution is 5.98. The Bertz CT molecular complexity index is 733. The summed E-state index contributed by atoms with van der Waals surface area (Å²) in [7, 11) is 1.62. The number of rotatable bonds is 4. The normalized spacial score (nSPS) is 22.2. The molecule has 5 heteroatoms. The lowest BCUT2D eigenvalue weighted by Gasteiger charge is -2.47. The number of methoxy groups -OCH3 is 1. The lowest BCUT2D eigenvalue weighted by Crippen LogP contribution is -2.52. The SMILES string of the molecule is COc1cccc(C)c1C(=O)N1CCC2(CCC(=O)N(CC3CC3)C2)CC1. The maximum Gasteiger partial charge on any atom is 0.257 e. The van der Waals surface area contributed by atoms with Crippen LogP contribution in [-0.2, 0) is 4.79 Å². The van der Waals surface area contributed by atoms with Gasteiger partial charge in [-0.25, -0.2) is 0 Å². The number of carbonyl (C=O) groups excluding carboxylic acids is 2. The first kappa shape index (κ1) is 18.3. The number of likely N-dealkylation sites (tertiary alicyclic amines) is 2. The molecule has 0 atom stereocenters. The number of hydrogen-bond donors (Lipinski definition) is 0. The highest BCUT2D eigenvalue weighted by atomic mass is 16.5. The first-order valence-corrected chi connectivity index (χ1v) is 10.2. The summed E-state index contributed by atoms with van der Waals surface area (Å²) in [6.45, 7) is 5.33. The summed E-state index contributed by atoms with van der Waals surface area (Å²) in [5, 5.41) is 0. The van der Waals surface area contributed by atoms with Gasteiger partial charge in [-0.2, -0.15) is 0 Å². The Morgan fingerprint density at radius 3 is 2.63 bits per heavy atom. The quantitative estimate of drug-likeness (QED) is 0.817. The minimum absolute atomic E-state index is 0.0709. The largest absolute Gasteiger partial charge is 0.496 e. The van der Waals surface area contributed by atoms with Crippen molar-refractivity contribution in [1.29, 1.82) is 0 Å². The molecule has 0 bridgehead atoms. The third-order valence-corrected chi connectivity index (χ3v) is 6.70. The molecule has 27 heavy (non-hydrogen) atoms. The van der Waals surface area contributed by atoms with Crippen LogP contribution in [0.3, 0.4) is 0 Å². The molecule has 3 aliphatic rings. The van der Waals surface area contributed by atoms with Gasteiger partial charge < -0.3 is 14.5 Å². The Balaban J connectivity index is 1.43. The molecule has 1 spiro atoms. The average Bonchev–Trinajstić information content (AvgIpc) is 3.49. The fourth-order valence-electron chi connectivity index (χ4n) is 4.72. The van der Waals surface area contributed by atoms with Crippen molar-refractivity contribution in [3.05, 3.63) is 29.3 Å². The summed E-state index contributed by atoms with van der Waals surface area (Å²) in [6.07, 6.45) is 6.17. The van der Waals surface area contributed by atoms with E-state index in [9.17, 15) is 9.59 Å². The van der Waals surface area contributed by atoms with Crippen LogP contribution in [0.15, 0.2) is 18.2 Å². The predicted octanol–water partition coefficient (Wildman–Crippen LogP) is 3.26. The molecule has 1 aromatic rings.